The van der Waals surface area contributed by atoms with E-state index in [2.05, 4.69) is 18.7 Å². The van der Waals surface area contributed by atoms with Crippen molar-refractivity contribution in [2.24, 2.45) is 5.73 Å². The predicted octanol–water partition coefficient (Wildman–Crippen LogP) is 3.25. The van der Waals surface area contributed by atoms with Gasteiger partial charge in [-0.2, -0.15) is 0 Å². The van der Waals surface area contributed by atoms with Crippen molar-refractivity contribution in [2.45, 2.75) is 82.9 Å². The molecule has 2 rings (SSSR count). The highest BCUT2D eigenvalue weighted by Crippen LogP contribution is 2.40. The number of thiocarbonyl (C=S) groups is 1. The fourth-order valence-corrected chi connectivity index (χ4v) is 4.02. The summed E-state index contributed by atoms with van der Waals surface area (Å²) in [5, 5.41) is 0. The van der Waals surface area contributed by atoms with E-state index in [-0.39, 0.29) is 5.60 Å². The Bertz CT molecular complexity index is 321. The van der Waals surface area contributed by atoms with Crippen LogP contribution >= 0.6 is 12.2 Å². The lowest BCUT2D eigenvalue weighted by Crippen LogP contribution is -2.52. The van der Waals surface area contributed by atoms with Crippen molar-refractivity contribution in [1.82, 2.24) is 4.90 Å². The summed E-state index contributed by atoms with van der Waals surface area (Å²) in [6.45, 7) is 6.47. The zero-order valence-electron chi connectivity index (χ0n) is 13.1. The van der Waals surface area contributed by atoms with Crippen molar-refractivity contribution >= 4 is 17.2 Å². The van der Waals surface area contributed by atoms with Gasteiger partial charge in [-0.3, -0.25) is 4.90 Å². The molecule has 3 nitrogen and oxygen atoms in total. The summed E-state index contributed by atoms with van der Waals surface area (Å²) in [7, 11) is 0. The summed E-state index contributed by atoms with van der Waals surface area (Å²) in [5.74, 6) is 0. The lowest BCUT2D eigenvalue weighted by molar-refractivity contribution is -0.126. The molecule has 0 aromatic heterocycles. The number of ether oxygens (including phenoxy) is 1. The van der Waals surface area contributed by atoms with Gasteiger partial charge in [0.2, 0.25) is 0 Å². The summed E-state index contributed by atoms with van der Waals surface area (Å²) in [5.41, 5.74) is 5.86. The minimum atomic E-state index is 0.178. The highest BCUT2D eigenvalue weighted by Gasteiger charge is 2.40. The van der Waals surface area contributed by atoms with Crippen LogP contribution in [0, 0.1) is 0 Å². The average molecular weight is 298 g/mol. The lowest BCUT2D eigenvalue weighted by atomic mass is 9.77. The largest absolute Gasteiger partial charge is 0.393 e. The molecular formula is C16H30N2OS. The van der Waals surface area contributed by atoms with E-state index >= 15 is 0 Å². The topological polar surface area (TPSA) is 38.5 Å². The van der Waals surface area contributed by atoms with Crippen molar-refractivity contribution in [1.29, 1.82) is 0 Å². The lowest BCUT2D eigenvalue weighted by Gasteiger charge is -2.47. The van der Waals surface area contributed by atoms with Crippen LogP contribution in [-0.2, 0) is 4.74 Å². The molecular weight excluding hydrogens is 268 g/mol. The summed E-state index contributed by atoms with van der Waals surface area (Å²) in [4.78, 5) is 3.23. The molecule has 1 spiro atoms. The Hall–Kier alpha value is -0.190. The minimum absolute atomic E-state index is 0.178. The van der Waals surface area contributed by atoms with Gasteiger partial charge in [-0.05, 0) is 39.5 Å². The molecule has 1 unspecified atom stereocenters. The molecule has 1 atom stereocenters. The first-order valence-corrected chi connectivity index (χ1v) is 8.61. The van der Waals surface area contributed by atoms with Crippen LogP contribution < -0.4 is 5.73 Å². The van der Waals surface area contributed by atoms with Gasteiger partial charge in [-0.25, -0.2) is 0 Å². The summed E-state index contributed by atoms with van der Waals surface area (Å²) in [6.07, 6.45) is 9.74. The molecule has 1 aliphatic carbocycles. The molecule has 20 heavy (non-hydrogen) atoms. The summed E-state index contributed by atoms with van der Waals surface area (Å²) >= 11 is 5.05. The van der Waals surface area contributed by atoms with E-state index in [0.29, 0.717) is 17.1 Å². The van der Waals surface area contributed by atoms with E-state index in [9.17, 15) is 0 Å². The first-order chi connectivity index (χ1) is 9.52. The molecule has 0 aromatic carbocycles. The second kappa shape index (κ2) is 7.19. The van der Waals surface area contributed by atoms with E-state index in [1.165, 1.54) is 38.5 Å². The maximum Gasteiger partial charge on any atom is 0.0740 e. The molecule has 1 saturated heterocycles. The second-order valence-corrected chi connectivity index (χ2v) is 7.31. The molecule has 2 N–H and O–H groups in total. The van der Waals surface area contributed by atoms with Crippen LogP contribution in [0.2, 0.25) is 0 Å². The first-order valence-electron chi connectivity index (χ1n) is 8.20. The van der Waals surface area contributed by atoms with Gasteiger partial charge in [0.15, 0.2) is 0 Å². The Morgan fingerprint density at radius 2 is 2.05 bits per heavy atom. The van der Waals surface area contributed by atoms with E-state index in [0.717, 1.165) is 26.0 Å². The van der Waals surface area contributed by atoms with Gasteiger partial charge in [0.05, 0.1) is 10.6 Å². The van der Waals surface area contributed by atoms with Crippen molar-refractivity contribution in [3.8, 4) is 0 Å². The smallest absolute Gasteiger partial charge is 0.0740 e. The van der Waals surface area contributed by atoms with Crippen LogP contribution in [0.3, 0.4) is 0 Å². The van der Waals surface area contributed by atoms with Crippen molar-refractivity contribution < 1.29 is 4.74 Å². The molecule has 0 bridgehead atoms. The molecule has 1 aliphatic heterocycles. The number of nitrogens with two attached hydrogens (primary N) is 1. The maximum absolute atomic E-state index is 6.22. The monoisotopic (exact) mass is 298 g/mol. The van der Waals surface area contributed by atoms with E-state index in [4.69, 9.17) is 22.7 Å². The molecule has 2 fully saturated rings. The third kappa shape index (κ3) is 4.15. The average Bonchev–Trinajstić information content (AvgIpc) is 2.39. The number of hydrogen-bond donors (Lipinski definition) is 1. The maximum atomic E-state index is 6.22. The van der Waals surface area contributed by atoms with Crippen LogP contribution in [-0.4, -0.2) is 40.7 Å². The Balaban J connectivity index is 1.98. The summed E-state index contributed by atoms with van der Waals surface area (Å²) < 4.78 is 6.22. The van der Waals surface area contributed by atoms with Gasteiger partial charge in [0.1, 0.15) is 0 Å². The van der Waals surface area contributed by atoms with Gasteiger partial charge in [0, 0.05) is 31.7 Å². The standard InChI is InChI=1S/C16H30N2OS/c1-13(2)18(10-6-15(17)20)14-7-11-19-16(12-14)8-4-3-5-9-16/h13-14H,3-12H2,1-2H3,(H2,17,20). The van der Waals surface area contributed by atoms with Gasteiger partial charge < -0.3 is 10.5 Å². The molecule has 0 amide bonds. The van der Waals surface area contributed by atoms with Gasteiger partial charge in [0.25, 0.3) is 0 Å². The second-order valence-electron chi connectivity index (χ2n) is 6.79. The molecule has 4 heteroatoms. The van der Waals surface area contributed by atoms with Crippen LogP contribution in [0.1, 0.15) is 65.2 Å². The van der Waals surface area contributed by atoms with E-state index in [1.54, 1.807) is 0 Å². The molecule has 1 saturated carbocycles. The third-order valence-corrected chi connectivity index (χ3v) is 5.18. The fraction of sp³-hybridized carbons (Fsp3) is 0.938. The molecule has 1 heterocycles. The number of hydrogen-bond acceptors (Lipinski definition) is 3. The number of nitrogens with zero attached hydrogens (tertiary/aromatic N) is 1. The van der Waals surface area contributed by atoms with Gasteiger partial charge >= 0.3 is 0 Å². The quantitative estimate of drug-likeness (QED) is 0.791. The molecule has 0 radical (unpaired) electrons. The molecule has 2 aliphatic rings. The highest BCUT2D eigenvalue weighted by molar-refractivity contribution is 7.80. The number of rotatable bonds is 5. The highest BCUT2D eigenvalue weighted by atomic mass is 32.1. The van der Waals surface area contributed by atoms with E-state index < -0.39 is 0 Å². The van der Waals surface area contributed by atoms with Crippen LogP contribution in [0.5, 0.6) is 0 Å². The Labute approximate surface area is 129 Å². The van der Waals surface area contributed by atoms with Crippen molar-refractivity contribution in [2.75, 3.05) is 13.2 Å². The predicted molar refractivity (Wildman–Crippen MR) is 88.0 cm³/mol. The Morgan fingerprint density at radius 1 is 1.35 bits per heavy atom. The minimum Gasteiger partial charge on any atom is -0.393 e. The Kier molecular flexibility index (Phi) is 5.82. The Morgan fingerprint density at radius 3 is 2.65 bits per heavy atom. The van der Waals surface area contributed by atoms with Gasteiger partial charge in [-0.15, -0.1) is 0 Å². The van der Waals surface area contributed by atoms with Crippen molar-refractivity contribution in [3.05, 3.63) is 0 Å². The third-order valence-electron chi connectivity index (χ3n) is 4.98. The van der Waals surface area contributed by atoms with Crippen molar-refractivity contribution in [3.63, 3.8) is 0 Å². The zero-order chi connectivity index (χ0) is 14.6. The fourth-order valence-electron chi connectivity index (χ4n) is 3.93. The van der Waals surface area contributed by atoms with Crippen LogP contribution in [0.15, 0.2) is 0 Å². The van der Waals surface area contributed by atoms with Crippen LogP contribution in [0.25, 0.3) is 0 Å². The van der Waals surface area contributed by atoms with Gasteiger partial charge in [-0.1, -0.05) is 31.5 Å². The molecule has 0 aromatic rings. The zero-order valence-corrected chi connectivity index (χ0v) is 13.9. The molecule has 116 valence electrons. The van der Waals surface area contributed by atoms with Crippen LogP contribution in [0.4, 0.5) is 0 Å². The first kappa shape index (κ1) is 16.2. The SMILES string of the molecule is CC(C)N(CCC(N)=S)C1CCOC2(CCCCC2)C1. The summed E-state index contributed by atoms with van der Waals surface area (Å²) in [6, 6.07) is 1.18. The van der Waals surface area contributed by atoms with E-state index in [1.807, 2.05) is 0 Å². The normalized spacial score (nSPS) is 26.3.